The van der Waals surface area contributed by atoms with Crippen LogP contribution in [0.15, 0.2) is 97.2 Å². The number of hydrogen-bond acceptors (Lipinski definition) is 8. The fourth-order valence-electron chi connectivity index (χ4n) is 7.24. The average molecular weight is 970 g/mol. The Morgan fingerprint density at radius 1 is 0.456 bits per heavy atom. The lowest BCUT2D eigenvalue weighted by atomic mass is 10.0. The van der Waals surface area contributed by atoms with Crippen LogP contribution in [0.4, 0.5) is 0 Å². The summed E-state index contributed by atoms with van der Waals surface area (Å²) >= 11 is 0. The lowest BCUT2D eigenvalue weighted by molar-refractivity contribution is -0.161. The summed E-state index contributed by atoms with van der Waals surface area (Å²) in [5.41, 5.74) is 5.35. The minimum Gasteiger partial charge on any atom is -0.462 e. The number of carbonyl (C=O) groups is 2. The van der Waals surface area contributed by atoms with Crippen molar-refractivity contribution in [3.05, 3.63) is 97.2 Å². The molecule has 0 fully saturated rings. The Balaban J connectivity index is 3.83. The highest BCUT2D eigenvalue weighted by molar-refractivity contribution is 7.47. The number of carbonyl (C=O) groups excluding carboxylic acids is 2. The van der Waals surface area contributed by atoms with E-state index in [1.165, 1.54) is 103 Å². The molecule has 0 saturated heterocycles. The molecule has 0 radical (unpaired) electrons. The van der Waals surface area contributed by atoms with Crippen LogP contribution in [0.3, 0.4) is 0 Å². The molecule has 3 N–H and O–H groups in total. The summed E-state index contributed by atoms with van der Waals surface area (Å²) in [6.45, 7) is 3.58. The summed E-state index contributed by atoms with van der Waals surface area (Å²) in [5, 5.41) is 0. The SMILES string of the molecule is CC/C=C\C/C=C\C/C=C\C/C=C\C/C=C\C/C=C\C/C=C\C/C=C\CCCCCCCCCCCCCCCCC(=O)OC(COC(=O)CCCCCCCCCC)COP(=O)(O)OCCN. The summed E-state index contributed by atoms with van der Waals surface area (Å²) in [6.07, 6.45) is 70.6. The molecule has 0 aromatic heterocycles. The van der Waals surface area contributed by atoms with Gasteiger partial charge in [-0.3, -0.25) is 18.6 Å². The zero-order chi connectivity index (χ0) is 49.5. The summed E-state index contributed by atoms with van der Waals surface area (Å²) in [6, 6.07) is 0. The van der Waals surface area contributed by atoms with Gasteiger partial charge in [0.05, 0.1) is 13.2 Å². The van der Waals surface area contributed by atoms with Crippen molar-refractivity contribution in [3.8, 4) is 0 Å². The first-order valence-electron chi connectivity index (χ1n) is 27.2. The van der Waals surface area contributed by atoms with E-state index >= 15 is 0 Å². The first-order valence-corrected chi connectivity index (χ1v) is 28.7. The normalized spacial score (nSPS) is 13.9. The molecule has 9 nitrogen and oxygen atoms in total. The molecule has 0 spiro atoms. The molecule has 2 atom stereocenters. The zero-order valence-electron chi connectivity index (χ0n) is 43.3. The third-order valence-electron chi connectivity index (χ3n) is 11.2. The molecule has 2 unspecified atom stereocenters. The van der Waals surface area contributed by atoms with Crippen LogP contribution in [0.5, 0.6) is 0 Å². The maximum Gasteiger partial charge on any atom is 0.472 e. The highest BCUT2D eigenvalue weighted by Crippen LogP contribution is 2.43. The smallest absolute Gasteiger partial charge is 0.462 e. The van der Waals surface area contributed by atoms with Gasteiger partial charge in [0.25, 0.3) is 0 Å². The lowest BCUT2D eigenvalue weighted by Gasteiger charge is -2.19. The van der Waals surface area contributed by atoms with Crippen molar-refractivity contribution < 1.29 is 37.6 Å². The molecular weight excluding hydrogens is 870 g/mol. The Morgan fingerprint density at radius 2 is 0.809 bits per heavy atom. The number of esters is 2. The minimum absolute atomic E-state index is 0.0515. The van der Waals surface area contributed by atoms with Crippen molar-refractivity contribution in [3.63, 3.8) is 0 Å². The molecular formula is C58H100NO8P. The molecule has 0 aromatic carbocycles. The van der Waals surface area contributed by atoms with E-state index in [0.717, 1.165) is 89.9 Å². The number of ether oxygens (including phenoxy) is 2. The molecule has 0 aliphatic heterocycles. The Morgan fingerprint density at radius 3 is 1.21 bits per heavy atom. The molecule has 0 amide bonds. The van der Waals surface area contributed by atoms with E-state index < -0.39 is 26.5 Å². The van der Waals surface area contributed by atoms with Crippen molar-refractivity contribution in [1.82, 2.24) is 0 Å². The third kappa shape index (κ3) is 52.3. The van der Waals surface area contributed by atoms with Gasteiger partial charge in [0.15, 0.2) is 6.10 Å². The fourth-order valence-corrected chi connectivity index (χ4v) is 8.00. The molecule has 68 heavy (non-hydrogen) atoms. The fraction of sp³-hybridized carbons (Fsp3) is 0.690. The van der Waals surface area contributed by atoms with Crippen LogP contribution in [0.1, 0.15) is 226 Å². The standard InChI is InChI=1S/C58H100NO8P/c1-3-5-7-9-11-13-14-15-16-17-18-19-20-21-22-23-24-25-26-27-28-29-30-31-32-33-34-35-36-37-38-39-40-41-42-43-45-47-49-51-58(61)67-56(55-66-68(62,63)65-53-52-59)54-64-57(60)50-48-46-44-12-10-8-6-4-2/h5,7,11,13,15-16,18-19,21-22,24-25,27-28,30-31,56H,3-4,6,8-10,12,14,17,20,23,26,29,32-55,59H2,1-2H3,(H,62,63)/b7-5-,13-11-,16-15-,19-18-,22-21-,25-24-,28-27-,31-30-. The molecule has 390 valence electrons. The Bertz CT molecular complexity index is 1430. The van der Waals surface area contributed by atoms with Gasteiger partial charge in [-0.2, -0.15) is 0 Å². The summed E-state index contributed by atoms with van der Waals surface area (Å²) in [7, 11) is -4.38. The van der Waals surface area contributed by atoms with Crippen LogP contribution in [-0.4, -0.2) is 49.3 Å². The third-order valence-corrected chi connectivity index (χ3v) is 12.2. The summed E-state index contributed by atoms with van der Waals surface area (Å²) in [4.78, 5) is 34.8. The maximum atomic E-state index is 12.6. The van der Waals surface area contributed by atoms with E-state index in [4.69, 9.17) is 24.3 Å². The largest absolute Gasteiger partial charge is 0.472 e. The molecule has 0 bridgehead atoms. The topological polar surface area (TPSA) is 134 Å². The van der Waals surface area contributed by atoms with Crippen molar-refractivity contribution in [2.24, 2.45) is 5.73 Å². The number of hydrogen-bond donors (Lipinski definition) is 2. The predicted molar refractivity (Wildman–Crippen MR) is 288 cm³/mol. The van der Waals surface area contributed by atoms with Gasteiger partial charge in [0.2, 0.25) is 0 Å². The second kappa shape index (κ2) is 53.3. The molecule has 0 aliphatic carbocycles. The second-order valence-electron chi connectivity index (χ2n) is 17.7. The quantitative estimate of drug-likeness (QED) is 0.0264. The Kier molecular flexibility index (Phi) is 50.9. The Hall–Kier alpha value is -3.07. The first-order chi connectivity index (χ1) is 33.3. The number of unbranched alkanes of at least 4 members (excludes halogenated alkanes) is 21. The van der Waals surface area contributed by atoms with Gasteiger partial charge in [0.1, 0.15) is 6.61 Å². The number of nitrogens with two attached hydrogens (primary N) is 1. The van der Waals surface area contributed by atoms with E-state index in [2.05, 4.69) is 111 Å². The average Bonchev–Trinajstić information content (AvgIpc) is 3.33. The molecule has 0 rings (SSSR count). The van der Waals surface area contributed by atoms with Gasteiger partial charge in [-0.1, -0.05) is 233 Å². The van der Waals surface area contributed by atoms with Gasteiger partial charge in [-0.15, -0.1) is 0 Å². The Labute approximate surface area is 416 Å². The van der Waals surface area contributed by atoms with E-state index in [-0.39, 0.29) is 38.6 Å². The summed E-state index contributed by atoms with van der Waals surface area (Å²) in [5.74, 6) is -0.834. The van der Waals surface area contributed by atoms with Crippen molar-refractivity contribution in [2.75, 3.05) is 26.4 Å². The van der Waals surface area contributed by atoms with E-state index in [0.29, 0.717) is 6.42 Å². The minimum atomic E-state index is -4.38. The van der Waals surface area contributed by atoms with Crippen molar-refractivity contribution in [1.29, 1.82) is 0 Å². The van der Waals surface area contributed by atoms with Gasteiger partial charge < -0.3 is 20.1 Å². The maximum absolute atomic E-state index is 12.6. The summed E-state index contributed by atoms with van der Waals surface area (Å²) < 4.78 is 32.8. The van der Waals surface area contributed by atoms with Gasteiger partial charge in [0, 0.05) is 19.4 Å². The van der Waals surface area contributed by atoms with Crippen LogP contribution in [0.2, 0.25) is 0 Å². The first kappa shape index (κ1) is 64.9. The van der Waals surface area contributed by atoms with E-state index in [9.17, 15) is 19.0 Å². The molecule has 0 aromatic rings. The highest BCUT2D eigenvalue weighted by atomic mass is 31.2. The number of phosphoric acid groups is 1. The van der Waals surface area contributed by atoms with Gasteiger partial charge in [-0.05, 0) is 77.0 Å². The lowest BCUT2D eigenvalue weighted by Crippen LogP contribution is -2.29. The van der Waals surface area contributed by atoms with Crippen LogP contribution in [0, 0.1) is 0 Å². The number of phosphoric ester groups is 1. The molecule has 0 saturated carbocycles. The van der Waals surface area contributed by atoms with E-state index in [1.54, 1.807) is 0 Å². The molecule has 0 aliphatic rings. The van der Waals surface area contributed by atoms with Crippen molar-refractivity contribution >= 4 is 19.8 Å². The zero-order valence-corrected chi connectivity index (χ0v) is 44.2. The monoisotopic (exact) mass is 970 g/mol. The number of allylic oxidation sites excluding steroid dienone is 16. The highest BCUT2D eigenvalue weighted by Gasteiger charge is 2.26. The van der Waals surface area contributed by atoms with Crippen LogP contribution in [0.25, 0.3) is 0 Å². The van der Waals surface area contributed by atoms with Crippen LogP contribution in [-0.2, 0) is 32.7 Å². The second-order valence-corrected chi connectivity index (χ2v) is 19.2. The van der Waals surface area contributed by atoms with Gasteiger partial charge in [-0.25, -0.2) is 4.57 Å². The van der Waals surface area contributed by atoms with Crippen LogP contribution < -0.4 is 5.73 Å². The predicted octanol–water partition coefficient (Wildman–Crippen LogP) is 16.9. The molecule has 0 heterocycles. The van der Waals surface area contributed by atoms with E-state index in [1.807, 2.05) is 0 Å². The van der Waals surface area contributed by atoms with Crippen LogP contribution >= 0.6 is 7.82 Å². The van der Waals surface area contributed by atoms with Gasteiger partial charge >= 0.3 is 19.8 Å². The van der Waals surface area contributed by atoms with Crippen molar-refractivity contribution in [2.45, 2.75) is 232 Å². The number of rotatable bonds is 50. The molecule has 10 heteroatoms.